The lowest BCUT2D eigenvalue weighted by Crippen LogP contribution is -2.52. The van der Waals surface area contributed by atoms with E-state index in [1.165, 1.54) is 48.5 Å². The minimum atomic E-state index is -2.10. The van der Waals surface area contributed by atoms with Gasteiger partial charge in [0.2, 0.25) is 0 Å². The van der Waals surface area contributed by atoms with Crippen LogP contribution in [0.5, 0.6) is 0 Å². The summed E-state index contributed by atoms with van der Waals surface area (Å²) in [5.41, 5.74) is -1.18. The van der Waals surface area contributed by atoms with Crippen molar-refractivity contribution in [3.05, 3.63) is 95.1 Å². The summed E-state index contributed by atoms with van der Waals surface area (Å²) in [5.74, 6) is -2.46. The van der Waals surface area contributed by atoms with Crippen molar-refractivity contribution < 1.29 is 23.8 Å². The standard InChI is InChI=1S/C22H18F2N2O3/c1-26-19-12-13(20(27)28)10-11-18(19)25-21(26)22(29,14-6-2-4-8-16(14)23)15-7-3-5-9-17(15)24/h2-12,21,25,29H,1H3,(H,27,28). The second kappa shape index (κ2) is 6.86. The highest BCUT2D eigenvalue weighted by Gasteiger charge is 2.49. The number of aliphatic hydroxyl groups is 1. The Morgan fingerprint density at radius 1 is 1.00 bits per heavy atom. The SMILES string of the molecule is CN1c2cc(C(=O)O)ccc2NC1C(O)(c1ccccc1F)c1ccccc1F. The van der Waals surface area contributed by atoms with Crippen molar-refractivity contribution in [3.63, 3.8) is 0 Å². The molecule has 1 aliphatic heterocycles. The molecule has 0 aromatic heterocycles. The second-order valence-corrected chi connectivity index (χ2v) is 6.92. The molecular weight excluding hydrogens is 378 g/mol. The number of carboxylic acids is 1. The fraction of sp³-hybridized carbons (Fsp3) is 0.136. The first kappa shape index (κ1) is 18.9. The zero-order valence-corrected chi connectivity index (χ0v) is 15.4. The Morgan fingerprint density at radius 2 is 1.55 bits per heavy atom. The van der Waals surface area contributed by atoms with Crippen molar-refractivity contribution in [2.75, 3.05) is 17.3 Å². The smallest absolute Gasteiger partial charge is 0.335 e. The molecule has 1 atom stereocenters. The molecule has 1 heterocycles. The first-order valence-corrected chi connectivity index (χ1v) is 8.93. The molecule has 0 saturated carbocycles. The molecular formula is C22H18F2N2O3. The number of benzene rings is 3. The van der Waals surface area contributed by atoms with E-state index < -0.39 is 29.4 Å². The summed E-state index contributed by atoms with van der Waals surface area (Å²) in [7, 11) is 1.63. The number of carbonyl (C=O) groups is 1. The summed E-state index contributed by atoms with van der Waals surface area (Å²) < 4.78 is 29.6. The molecule has 4 rings (SSSR count). The number of nitrogens with zero attached hydrogens (tertiary/aromatic N) is 1. The van der Waals surface area contributed by atoms with Gasteiger partial charge in [-0.3, -0.25) is 0 Å². The molecule has 1 unspecified atom stereocenters. The van der Waals surface area contributed by atoms with Crippen LogP contribution in [0.2, 0.25) is 0 Å². The van der Waals surface area contributed by atoms with Crippen molar-refractivity contribution in [1.82, 2.24) is 0 Å². The van der Waals surface area contributed by atoms with Crippen LogP contribution >= 0.6 is 0 Å². The molecule has 3 N–H and O–H groups in total. The number of hydrogen-bond donors (Lipinski definition) is 3. The molecule has 148 valence electrons. The number of carboxylic acid groups (broad SMARTS) is 1. The van der Waals surface area contributed by atoms with Gasteiger partial charge >= 0.3 is 5.97 Å². The van der Waals surface area contributed by atoms with Gasteiger partial charge in [0.15, 0.2) is 5.60 Å². The Labute approximate surface area is 165 Å². The van der Waals surface area contributed by atoms with Gasteiger partial charge in [0.1, 0.15) is 17.8 Å². The van der Waals surface area contributed by atoms with Crippen LogP contribution in [0.3, 0.4) is 0 Å². The normalized spacial score (nSPS) is 15.7. The zero-order chi connectivity index (χ0) is 20.8. The molecule has 0 fully saturated rings. The van der Waals surface area contributed by atoms with Crippen LogP contribution in [0.1, 0.15) is 21.5 Å². The molecule has 29 heavy (non-hydrogen) atoms. The summed E-state index contributed by atoms with van der Waals surface area (Å²) in [6, 6.07) is 15.8. The maximum Gasteiger partial charge on any atom is 0.335 e. The molecule has 0 bridgehead atoms. The summed E-state index contributed by atoms with van der Waals surface area (Å²) >= 11 is 0. The van der Waals surface area contributed by atoms with Gasteiger partial charge in [0, 0.05) is 18.2 Å². The van der Waals surface area contributed by atoms with Crippen LogP contribution in [0, 0.1) is 11.6 Å². The van der Waals surface area contributed by atoms with Gasteiger partial charge in [-0.15, -0.1) is 0 Å². The molecule has 5 nitrogen and oxygen atoms in total. The molecule has 0 radical (unpaired) electrons. The summed E-state index contributed by atoms with van der Waals surface area (Å²) in [4.78, 5) is 12.9. The molecule has 7 heteroatoms. The number of rotatable bonds is 4. The quantitative estimate of drug-likeness (QED) is 0.626. The lowest BCUT2D eigenvalue weighted by molar-refractivity contribution is 0.0537. The van der Waals surface area contributed by atoms with E-state index in [4.69, 9.17) is 0 Å². The van der Waals surface area contributed by atoms with E-state index in [2.05, 4.69) is 5.32 Å². The van der Waals surface area contributed by atoms with Crippen LogP contribution in [-0.2, 0) is 5.60 Å². The Hall–Kier alpha value is -3.45. The number of fused-ring (bicyclic) bond motifs is 1. The maximum atomic E-state index is 14.8. The molecule has 0 spiro atoms. The topological polar surface area (TPSA) is 72.8 Å². The summed E-state index contributed by atoms with van der Waals surface area (Å²) in [5, 5.41) is 24.2. The third-order valence-electron chi connectivity index (χ3n) is 5.27. The number of aromatic carboxylic acids is 1. The Bertz CT molecular complexity index is 1060. The third-order valence-corrected chi connectivity index (χ3v) is 5.27. The Morgan fingerprint density at radius 3 is 2.07 bits per heavy atom. The van der Waals surface area contributed by atoms with Crippen LogP contribution in [0.4, 0.5) is 20.2 Å². The van der Waals surface area contributed by atoms with Crippen molar-refractivity contribution in [3.8, 4) is 0 Å². The highest BCUT2D eigenvalue weighted by Crippen LogP contribution is 2.45. The average Bonchev–Trinajstić information content (AvgIpc) is 3.04. The maximum absolute atomic E-state index is 14.8. The lowest BCUT2D eigenvalue weighted by Gasteiger charge is -2.39. The van der Waals surface area contributed by atoms with Gasteiger partial charge in [0.25, 0.3) is 0 Å². The number of nitrogens with one attached hydrogen (secondary N) is 1. The zero-order valence-electron chi connectivity index (χ0n) is 15.4. The van der Waals surface area contributed by atoms with Crippen molar-refractivity contribution in [2.24, 2.45) is 0 Å². The fourth-order valence-electron chi connectivity index (χ4n) is 3.83. The highest BCUT2D eigenvalue weighted by molar-refractivity contribution is 5.92. The van der Waals surface area contributed by atoms with Crippen LogP contribution in [0.25, 0.3) is 0 Å². The fourth-order valence-corrected chi connectivity index (χ4v) is 3.83. The van der Waals surface area contributed by atoms with E-state index in [1.54, 1.807) is 30.1 Å². The van der Waals surface area contributed by atoms with Gasteiger partial charge < -0.3 is 20.4 Å². The van der Waals surface area contributed by atoms with Gasteiger partial charge in [-0.1, -0.05) is 36.4 Å². The van der Waals surface area contributed by atoms with Crippen molar-refractivity contribution >= 4 is 17.3 Å². The average molecular weight is 396 g/mol. The molecule has 3 aromatic rings. The number of hydrogen-bond acceptors (Lipinski definition) is 4. The van der Waals surface area contributed by atoms with Gasteiger partial charge in [0.05, 0.1) is 16.9 Å². The highest BCUT2D eigenvalue weighted by atomic mass is 19.1. The third kappa shape index (κ3) is 2.91. The molecule has 0 aliphatic carbocycles. The second-order valence-electron chi connectivity index (χ2n) is 6.92. The van der Waals surface area contributed by atoms with Gasteiger partial charge in [-0.25, -0.2) is 13.6 Å². The van der Waals surface area contributed by atoms with E-state index in [9.17, 15) is 23.8 Å². The van der Waals surface area contributed by atoms with Crippen molar-refractivity contribution in [1.29, 1.82) is 0 Å². The van der Waals surface area contributed by atoms with Gasteiger partial charge in [-0.05, 0) is 30.3 Å². The summed E-state index contributed by atoms with van der Waals surface area (Å²) in [6.07, 6.45) is -0.990. The predicted octanol–water partition coefficient (Wildman–Crippen LogP) is 3.79. The largest absolute Gasteiger partial charge is 0.478 e. The first-order chi connectivity index (χ1) is 13.8. The molecule has 0 amide bonds. The first-order valence-electron chi connectivity index (χ1n) is 8.93. The minimum absolute atomic E-state index is 0.0679. The number of halogens is 2. The molecule has 3 aromatic carbocycles. The Kier molecular flexibility index (Phi) is 4.47. The summed E-state index contributed by atoms with van der Waals surface area (Å²) in [6.45, 7) is 0. The predicted molar refractivity (Wildman–Crippen MR) is 105 cm³/mol. The Balaban J connectivity index is 1.90. The van der Waals surface area contributed by atoms with E-state index in [0.717, 1.165) is 0 Å². The molecule has 0 saturated heterocycles. The lowest BCUT2D eigenvalue weighted by atomic mass is 9.82. The number of anilines is 2. The minimum Gasteiger partial charge on any atom is -0.478 e. The van der Waals surface area contributed by atoms with E-state index >= 15 is 0 Å². The van der Waals surface area contributed by atoms with E-state index in [0.29, 0.717) is 11.4 Å². The van der Waals surface area contributed by atoms with Crippen molar-refractivity contribution in [2.45, 2.75) is 11.8 Å². The molecule has 1 aliphatic rings. The van der Waals surface area contributed by atoms with Crippen LogP contribution < -0.4 is 10.2 Å². The van der Waals surface area contributed by atoms with E-state index in [1.807, 2.05) is 0 Å². The van der Waals surface area contributed by atoms with Crippen LogP contribution in [-0.4, -0.2) is 29.4 Å². The monoisotopic (exact) mass is 396 g/mol. The van der Waals surface area contributed by atoms with Gasteiger partial charge in [-0.2, -0.15) is 0 Å². The van der Waals surface area contributed by atoms with E-state index in [-0.39, 0.29) is 16.7 Å². The number of likely N-dealkylation sites (N-methyl/N-ethyl adjacent to an activating group) is 1. The van der Waals surface area contributed by atoms with Crippen LogP contribution in [0.15, 0.2) is 66.7 Å².